The molecule has 1 aromatic heterocycles. The summed E-state index contributed by atoms with van der Waals surface area (Å²) in [5, 5.41) is 14.4. The Balaban J connectivity index is 2.41. The molecule has 1 radical (unpaired) electrons. The lowest BCUT2D eigenvalue weighted by molar-refractivity contribution is 1.01. The van der Waals surface area contributed by atoms with Gasteiger partial charge in [-0.3, -0.25) is 5.10 Å². The Morgan fingerprint density at radius 1 is 1.89 bits per heavy atom. The molecule has 0 fully saturated rings. The van der Waals surface area contributed by atoms with Crippen LogP contribution in [-0.2, 0) is 6.42 Å². The molecule has 0 amide bonds. The molecule has 0 bridgehead atoms. The molecule has 1 rings (SSSR count). The first-order chi connectivity index (χ1) is 4.43. The Morgan fingerprint density at radius 3 is 3.33 bits per heavy atom. The molecule has 0 saturated heterocycles. The van der Waals surface area contributed by atoms with Crippen LogP contribution in [0.4, 0.5) is 0 Å². The van der Waals surface area contributed by atoms with Crippen LogP contribution in [0.3, 0.4) is 0 Å². The molecule has 0 saturated carbocycles. The predicted molar refractivity (Wildman–Crippen MR) is 31.4 cm³/mol. The van der Waals surface area contributed by atoms with Crippen molar-refractivity contribution in [3.63, 3.8) is 0 Å². The van der Waals surface area contributed by atoms with Gasteiger partial charge in [0.05, 0.1) is 18.5 Å². The van der Waals surface area contributed by atoms with Gasteiger partial charge in [-0.1, -0.05) is 0 Å². The van der Waals surface area contributed by atoms with Gasteiger partial charge in [0.2, 0.25) is 0 Å². The Morgan fingerprint density at radius 2 is 2.78 bits per heavy atom. The topological polar surface area (TPSA) is 52.5 Å². The summed E-state index contributed by atoms with van der Waals surface area (Å²) < 4.78 is 0. The predicted octanol–water partition coefficient (Wildman–Crippen LogP) is 0.666. The van der Waals surface area contributed by atoms with E-state index in [1.165, 1.54) is 0 Å². The van der Waals surface area contributed by atoms with Crippen molar-refractivity contribution in [3.05, 3.63) is 18.0 Å². The summed E-state index contributed by atoms with van der Waals surface area (Å²) in [6.45, 7) is 0. The molecule has 0 unspecified atom stereocenters. The fraction of sp³-hybridized carbons (Fsp3) is 0.333. The third-order valence-corrected chi connectivity index (χ3v) is 1.01. The van der Waals surface area contributed by atoms with Crippen molar-refractivity contribution in [3.8, 4) is 6.07 Å². The van der Waals surface area contributed by atoms with Gasteiger partial charge in [0, 0.05) is 12.0 Å². The number of aryl methyl sites for hydroxylation is 1. The second-order valence-electron chi connectivity index (χ2n) is 1.68. The van der Waals surface area contributed by atoms with E-state index in [0.717, 1.165) is 12.0 Å². The summed E-state index contributed by atoms with van der Waals surface area (Å²) in [6, 6.07) is 2.04. The second-order valence-corrected chi connectivity index (χ2v) is 1.68. The third kappa shape index (κ3) is 1.57. The van der Waals surface area contributed by atoms with Gasteiger partial charge >= 0.3 is 0 Å². The Bertz CT molecular complexity index is 195. The van der Waals surface area contributed by atoms with Crippen molar-refractivity contribution in [1.82, 2.24) is 10.2 Å². The van der Waals surface area contributed by atoms with E-state index >= 15 is 0 Å². The molecule has 0 spiro atoms. The molecular formula is C6H6N3. The molecule has 1 N–H and O–H groups in total. The van der Waals surface area contributed by atoms with E-state index in [1.807, 2.05) is 6.07 Å². The van der Waals surface area contributed by atoms with E-state index in [0.29, 0.717) is 6.42 Å². The zero-order valence-electron chi connectivity index (χ0n) is 4.89. The number of aromatic amines is 1. The molecule has 3 heteroatoms. The van der Waals surface area contributed by atoms with Gasteiger partial charge in [-0.05, 0) is 6.42 Å². The number of nitriles is 1. The molecule has 45 valence electrons. The van der Waals surface area contributed by atoms with E-state index in [9.17, 15) is 0 Å². The van der Waals surface area contributed by atoms with E-state index in [4.69, 9.17) is 5.26 Å². The van der Waals surface area contributed by atoms with Gasteiger partial charge in [0.25, 0.3) is 0 Å². The highest BCUT2D eigenvalue weighted by atomic mass is 15.1. The Kier molecular flexibility index (Phi) is 1.86. The number of hydrogen-bond acceptors (Lipinski definition) is 2. The number of nitrogens with one attached hydrogen (secondary N) is 1. The van der Waals surface area contributed by atoms with Crippen molar-refractivity contribution in [2.45, 2.75) is 12.8 Å². The van der Waals surface area contributed by atoms with Crippen LogP contribution in [0.2, 0.25) is 0 Å². The maximum absolute atomic E-state index is 8.17. The number of aromatic nitrogens is 2. The quantitative estimate of drug-likeness (QED) is 0.623. The lowest BCUT2D eigenvalue weighted by Gasteiger charge is -1.82. The van der Waals surface area contributed by atoms with Crippen LogP contribution in [0.1, 0.15) is 12.0 Å². The molecule has 3 nitrogen and oxygen atoms in total. The number of nitrogens with zero attached hydrogens (tertiary/aromatic N) is 2. The summed E-state index contributed by atoms with van der Waals surface area (Å²) >= 11 is 0. The normalized spacial score (nSPS) is 8.78. The smallest absolute Gasteiger partial charge is 0.0863 e. The number of rotatable bonds is 2. The maximum Gasteiger partial charge on any atom is 0.0863 e. The van der Waals surface area contributed by atoms with Crippen LogP contribution >= 0.6 is 0 Å². The minimum absolute atomic E-state index is 0.538. The first kappa shape index (κ1) is 5.83. The Hall–Kier alpha value is -1.30. The highest BCUT2D eigenvalue weighted by molar-refractivity contribution is 5.01. The lowest BCUT2D eigenvalue weighted by atomic mass is 10.2. The van der Waals surface area contributed by atoms with E-state index < -0.39 is 0 Å². The molecular weight excluding hydrogens is 114 g/mol. The molecule has 1 aromatic rings. The molecule has 1 heterocycles. The maximum atomic E-state index is 8.17. The Labute approximate surface area is 53.3 Å². The van der Waals surface area contributed by atoms with Gasteiger partial charge < -0.3 is 0 Å². The van der Waals surface area contributed by atoms with Gasteiger partial charge in [-0.25, -0.2) is 0 Å². The fourth-order valence-electron chi connectivity index (χ4n) is 0.564. The summed E-state index contributed by atoms with van der Waals surface area (Å²) in [7, 11) is 0. The van der Waals surface area contributed by atoms with E-state index in [2.05, 4.69) is 16.4 Å². The van der Waals surface area contributed by atoms with Crippen molar-refractivity contribution >= 4 is 0 Å². The summed E-state index contributed by atoms with van der Waals surface area (Å²) in [4.78, 5) is 0. The molecule has 0 aromatic carbocycles. The lowest BCUT2D eigenvalue weighted by Crippen LogP contribution is -1.77. The van der Waals surface area contributed by atoms with Crippen molar-refractivity contribution in [2.75, 3.05) is 0 Å². The zero-order chi connectivity index (χ0) is 6.53. The molecule has 0 atom stereocenters. The minimum atomic E-state index is 0.538. The van der Waals surface area contributed by atoms with Crippen molar-refractivity contribution in [2.24, 2.45) is 0 Å². The first-order valence-corrected chi connectivity index (χ1v) is 2.70. The van der Waals surface area contributed by atoms with Crippen LogP contribution in [-0.4, -0.2) is 10.2 Å². The van der Waals surface area contributed by atoms with Crippen LogP contribution in [0.15, 0.2) is 6.20 Å². The average molecular weight is 120 g/mol. The van der Waals surface area contributed by atoms with Crippen LogP contribution < -0.4 is 0 Å². The third-order valence-electron chi connectivity index (χ3n) is 1.01. The number of H-pyrrole nitrogens is 1. The van der Waals surface area contributed by atoms with Crippen LogP contribution in [0.25, 0.3) is 0 Å². The van der Waals surface area contributed by atoms with E-state index in [1.54, 1.807) is 6.20 Å². The SMILES string of the molecule is N#CCCc1[c][nH]nc1. The molecule has 0 aliphatic heterocycles. The van der Waals surface area contributed by atoms with Gasteiger partial charge in [-0.2, -0.15) is 10.4 Å². The molecule has 9 heavy (non-hydrogen) atoms. The minimum Gasteiger partial charge on any atom is -0.276 e. The zero-order valence-corrected chi connectivity index (χ0v) is 4.89. The second kappa shape index (κ2) is 2.88. The highest BCUT2D eigenvalue weighted by Crippen LogP contribution is 1.95. The average Bonchev–Trinajstić information content (AvgIpc) is 2.34. The summed E-state index contributed by atoms with van der Waals surface area (Å²) in [5.74, 6) is 0. The molecule has 0 aliphatic rings. The highest BCUT2D eigenvalue weighted by Gasteiger charge is 1.90. The van der Waals surface area contributed by atoms with Gasteiger partial charge in [0.1, 0.15) is 0 Å². The van der Waals surface area contributed by atoms with Crippen molar-refractivity contribution in [1.29, 1.82) is 5.26 Å². The standard InChI is InChI=1S/C6H6N3/c7-3-1-2-6-4-8-9-5-6/h4H,1-2H2,(H,8,9). The largest absolute Gasteiger partial charge is 0.276 e. The van der Waals surface area contributed by atoms with Gasteiger partial charge in [0.15, 0.2) is 0 Å². The fourth-order valence-corrected chi connectivity index (χ4v) is 0.564. The van der Waals surface area contributed by atoms with Crippen LogP contribution in [0, 0.1) is 17.5 Å². The van der Waals surface area contributed by atoms with Crippen LogP contribution in [0.5, 0.6) is 0 Å². The monoisotopic (exact) mass is 120 g/mol. The van der Waals surface area contributed by atoms with Crippen molar-refractivity contribution < 1.29 is 0 Å². The molecule has 0 aliphatic carbocycles. The number of hydrogen-bond donors (Lipinski definition) is 1. The summed E-state index contributed by atoms with van der Waals surface area (Å²) in [5.41, 5.74) is 0.969. The van der Waals surface area contributed by atoms with E-state index in [-0.39, 0.29) is 0 Å². The first-order valence-electron chi connectivity index (χ1n) is 2.70. The van der Waals surface area contributed by atoms with Gasteiger partial charge in [-0.15, -0.1) is 0 Å². The summed E-state index contributed by atoms with van der Waals surface area (Å²) in [6.07, 6.45) is 5.74.